The molecule has 1 aromatic heterocycles. The third-order valence-corrected chi connectivity index (χ3v) is 5.89. The first kappa shape index (κ1) is 23.4. The first-order valence-corrected chi connectivity index (χ1v) is 10.8. The molecule has 0 amide bonds. The number of benzene rings is 2. The van der Waals surface area contributed by atoms with Crippen LogP contribution in [0.5, 0.6) is 11.5 Å². The maximum Gasteiger partial charge on any atom is 0.337 e. The van der Waals surface area contributed by atoms with Gasteiger partial charge in [-0.25, -0.2) is 4.79 Å². The van der Waals surface area contributed by atoms with Crippen molar-refractivity contribution in [2.75, 3.05) is 14.2 Å². The number of carboxylic acids is 1. The molecule has 0 saturated heterocycles. The molecule has 32 heavy (non-hydrogen) atoms. The van der Waals surface area contributed by atoms with Gasteiger partial charge in [-0.05, 0) is 55.5 Å². The summed E-state index contributed by atoms with van der Waals surface area (Å²) in [6, 6.07) is 15.5. The third-order valence-electron chi connectivity index (χ3n) is 5.89. The average Bonchev–Trinajstić information content (AvgIpc) is 3.28. The molecule has 0 bridgehead atoms. The molecule has 0 saturated carbocycles. The normalized spacial score (nSPS) is 12.9. The zero-order valence-electron chi connectivity index (χ0n) is 18.8. The number of aliphatic hydroxyl groups is 1. The molecule has 0 spiro atoms. The molecule has 0 aliphatic carbocycles. The zero-order chi connectivity index (χ0) is 23.1. The lowest BCUT2D eigenvalue weighted by molar-refractivity contribution is 0.0696. The number of aromatic nitrogens is 1. The molecular formula is C26H31NO5. The Balaban J connectivity index is 1.83. The summed E-state index contributed by atoms with van der Waals surface area (Å²) >= 11 is 0. The lowest BCUT2D eigenvalue weighted by Crippen LogP contribution is -2.19. The Hall–Kier alpha value is -3.25. The van der Waals surface area contributed by atoms with Gasteiger partial charge in [-0.3, -0.25) is 0 Å². The molecule has 0 aliphatic rings. The molecule has 6 nitrogen and oxygen atoms in total. The highest BCUT2D eigenvalue weighted by atomic mass is 16.5. The van der Waals surface area contributed by atoms with E-state index in [0.717, 1.165) is 30.4 Å². The standard InChI is InChI=1S/C26H31NO5/c1-18-23(31-2)14-22(15-24(18)32-3)25(28)20(11-7-10-19-8-5-4-6-9-19)16-27-13-12-21(17-27)26(29)30/h4-6,8-9,12-15,17,20,25,28H,7,10-11,16H2,1-3H3,(H,29,30)/t20-,25-/m0/s1. The molecule has 0 fully saturated rings. The molecule has 3 aromatic rings. The first-order chi connectivity index (χ1) is 15.4. The van der Waals surface area contributed by atoms with Crippen LogP contribution in [0.25, 0.3) is 0 Å². The van der Waals surface area contributed by atoms with Gasteiger partial charge in [-0.1, -0.05) is 30.3 Å². The highest BCUT2D eigenvalue weighted by molar-refractivity contribution is 5.87. The van der Waals surface area contributed by atoms with Crippen molar-refractivity contribution in [3.8, 4) is 11.5 Å². The van der Waals surface area contributed by atoms with E-state index in [1.807, 2.05) is 41.8 Å². The van der Waals surface area contributed by atoms with Crippen molar-refractivity contribution >= 4 is 5.97 Å². The lowest BCUT2D eigenvalue weighted by Gasteiger charge is -2.25. The fourth-order valence-corrected chi connectivity index (χ4v) is 4.06. The number of aliphatic hydroxyl groups excluding tert-OH is 1. The van der Waals surface area contributed by atoms with Crippen LogP contribution >= 0.6 is 0 Å². The van der Waals surface area contributed by atoms with Crippen LogP contribution < -0.4 is 9.47 Å². The molecule has 170 valence electrons. The fraction of sp³-hybridized carbons (Fsp3) is 0.346. The lowest BCUT2D eigenvalue weighted by atomic mass is 9.89. The van der Waals surface area contributed by atoms with Crippen molar-refractivity contribution in [3.63, 3.8) is 0 Å². The second kappa shape index (κ2) is 10.9. The largest absolute Gasteiger partial charge is 0.496 e. The van der Waals surface area contributed by atoms with Crippen molar-refractivity contribution < 1.29 is 24.5 Å². The van der Waals surface area contributed by atoms with Gasteiger partial charge in [0.25, 0.3) is 0 Å². The zero-order valence-corrected chi connectivity index (χ0v) is 18.8. The van der Waals surface area contributed by atoms with E-state index in [1.54, 1.807) is 32.7 Å². The smallest absolute Gasteiger partial charge is 0.337 e. The Bertz CT molecular complexity index is 1000. The van der Waals surface area contributed by atoms with E-state index in [2.05, 4.69) is 12.1 Å². The molecule has 3 rings (SSSR count). The van der Waals surface area contributed by atoms with Crippen LogP contribution in [0.2, 0.25) is 0 Å². The molecule has 2 atom stereocenters. The van der Waals surface area contributed by atoms with Gasteiger partial charge in [0, 0.05) is 30.4 Å². The Morgan fingerprint density at radius 1 is 1.06 bits per heavy atom. The summed E-state index contributed by atoms with van der Waals surface area (Å²) in [5, 5.41) is 20.6. The summed E-state index contributed by atoms with van der Waals surface area (Å²) in [5.74, 6) is 0.244. The minimum atomic E-state index is -0.960. The number of carbonyl (C=O) groups is 1. The second-order valence-electron chi connectivity index (χ2n) is 8.04. The van der Waals surface area contributed by atoms with Crippen LogP contribution in [0.4, 0.5) is 0 Å². The van der Waals surface area contributed by atoms with Crippen LogP contribution in [0, 0.1) is 12.8 Å². The summed E-state index contributed by atoms with van der Waals surface area (Å²) in [5.41, 5.74) is 3.09. The second-order valence-corrected chi connectivity index (χ2v) is 8.04. The van der Waals surface area contributed by atoms with Crippen LogP contribution in [-0.2, 0) is 13.0 Å². The summed E-state index contributed by atoms with van der Waals surface area (Å²) in [7, 11) is 3.20. The maximum atomic E-state index is 11.3. The Labute approximate surface area is 189 Å². The van der Waals surface area contributed by atoms with Crippen LogP contribution in [0.15, 0.2) is 60.9 Å². The topological polar surface area (TPSA) is 80.9 Å². The number of hydrogen-bond donors (Lipinski definition) is 2. The van der Waals surface area contributed by atoms with Gasteiger partial charge in [0.1, 0.15) is 11.5 Å². The predicted molar refractivity (Wildman–Crippen MR) is 124 cm³/mol. The fourth-order valence-electron chi connectivity index (χ4n) is 4.06. The van der Waals surface area contributed by atoms with E-state index < -0.39 is 12.1 Å². The summed E-state index contributed by atoms with van der Waals surface area (Å²) in [6.45, 7) is 2.42. The number of aromatic carboxylic acids is 1. The van der Waals surface area contributed by atoms with Crippen LogP contribution in [0.3, 0.4) is 0 Å². The van der Waals surface area contributed by atoms with E-state index in [0.29, 0.717) is 18.0 Å². The molecule has 2 aromatic carbocycles. The van der Waals surface area contributed by atoms with Gasteiger partial charge in [0.2, 0.25) is 0 Å². The van der Waals surface area contributed by atoms with E-state index in [9.17, 15) is 15.0 Å². The number of rotatable bonds is 11. The number of aryl methyl sites for hydroxylation is 1. The van der Waals surface area contributed by atoms with Crippen LogP contribution in [-0.4, -0.2) is 35.0 Å². The van der Waals surface area contributed by atoms with Gasteiger partial charge in [-0.2, -0.15) is 0 Å². The van der Waals surface area contributed by atoms with Crippen molar-refractivity contribution in [2.45, 2.75) is 38.8 Å². The van der Waals surface area contributed by atoms with E-state index in [-0.39, 0.29) is 11.5 Å². The van der Waals surface area contributed by atoms with Crippen molar-refractivity contribution in [3.05, 3.63) is 83.2 Å². The molecule has 2 N–H and O–H groups in total. The Morgan fingerprint density at radius 3 is 2.28 bits per heavy atom. The number of nitrogens with zero attached hydrogens (tertiary/aromatic N) is 1. The predicted octanol–water partition coefficient (Wildman–Crippen LogP) is 4.88. The molecule has 1 heterocycles. The van der Waals surface area contributed by atoms with E-state index in [4.69, 9.17) is 9.47 Å². The number of methoxy groups -OCH3 is 2. The number of carboxylic acid groups (broad SMARTS) is 1. The van der Waals surface area contributed by atoms with E-state index >= 15 is 0 Å². The molecule has 0 unspecified atom stereocenters. The average molecular weight is 438 g/mol. The molecule has 0 radical (unpaired) electrons. The van der Waals surface area contributed by atoms with Crippen molar-refractivity contribution in [1.82, 2.24) is 4.57 Å². The Morgan fingerprint density at radius 2 is 1.72 bits per heavy atom. The summed E-state index contributed by atoms with van der Waals surface area (Å²) in [6.07, 6.45) is 5.18. The molecule has 0 aliphatic heterocycles. The molecule has 6 heteroatoms. The SMILES string of the molecule is COc1cc([C@@H](O)[C@@H](CCCc2ccccc2)Cn2ccc(C(=O)O)c2)cc(OC)c1C. The van der Waals surface area contributed by atoms with Gasteiger partial charge < -0.3 is 24.3 Å². The molecular weight excluding hydrogens is 406 g/mol. The quantitative estimate of drug-likeness (QED) is 0.447. The number of hydrogen-bond acceptors (Lipinski definition) is 4. The highest BCUT2D eigenvalue weighted by Gasteiger charge is 2.24. The third kappa shape index (κ3) is 5.71. The van der Waals surface area contributed by atoms with Crippen molar-refractivity contribution in [1.29, 1.82) is 0 Å². The van der Waals surface area contributed by atoms with Crippen molar-refractivity contribution in [2.24, 2.45) is 5.92 Å². The maximum absolute atomic E-state index is 11.3. The highest BCUT2D eigenvalue weighted by Crippen LogP contribution is 2.36. The summed E-state index contributed by atoms with van der Waals surface area (Å²) in [4.78, 5) is 11.3. The summed E-state index contributed by atoms with van der Waals surface area (Å²) < 4.78 is 12.8. The Kier molecular flexibility index (Phi) is 7.95. The van der Waals surface area contributed by atoms with Gasteiger partial charge in [0.05, 0.1) is 25.9 Å². The van der Waals surface area contributed by atoms with Gasteiger partial charge in [0.15, 0.2) is 0 Å². The van der Waals surface area contributed by atoms with Gasteiger partial charge >= 0.3 is 5.97 Å². The monoisotopic (exact) mass is 437 g/mol. The van der Waals surface area contributed by atoms with Crippen LogP contribution in [0.1, 0.15) is 46.0 Å². The minimum absolute atomic E-state index is 0.120. The number of ether oxygens (including phenoxy) is 2. The first-order valence-electron chi connectivity index (χ1n) is 10.8. The minimum Gasteiger partial charge on any atom is -0.496 e. The van der Waals surface area contributed by atoms with E-state index in [1.165, 1.54) is 5.56 Å². The van der Waals surface area contributed by atoms with Gasteiger partial charge in [-0.15, -0.1) is 0 Å².